The SMILES string of the molecule is COc1ccc(C2=NC(=CC3=Cc4cc(Cl)ccc4OC3)C(=O)O2)cc1. The number of hydrogen-bond donors (Lipinski definition) is 0. The van der Waals surface area contributed by atoms with Gasteiger partial charge in [0.05, 0.1) is 7.11 Å². The molecule has 0 radical (unpaired) electrons. The summed E-state index contributed by atoms with van der Waals surface area (Å²) in [4.78, 5) is 16.4. The van der Waals surface area contributed by atoms with E-state index in [0.717, 1.165) is 22.6 Å². The van der Waals surface area contributed by atoms with E-state index in [1.54, 1.807) is 43.5 Å². The first-order chi connectivity index (χ1) is 12.6. The molecule has 5 nitrogen and oxygen atoms in total. The number of fused-ring (bicyclic) bond motifs is 1. The van der Waals surface area contributed by atoms with Gasteiger partial charge in [0.15, 0.2) is 5.70 Å². The van der Waals surface area contributed by atoms with Crippen LogP contribution in [0, 0.1) is 0 Å². The van der Waals surface area contributed by atoms with Gasteiger partial charge in [0.1, 0.15) is 18.1 Å². The molecule has 130 valence electrons. The number of benzene rings is 2. The number of carbonyl (C=O) groups is 1. The van der Waals surface area contributed by atoms with Crippen LogP contribution in [-0.2, 0) is 9.53 Å². The van der Waals surface area contributed by atoms with Crippen LogP contribution in [0.15, 0.2) is 64.8 Å². The number of rotatable bonds is 3. The van der Waals surface area contributed by atoms with Gasteiger partial charge < -0.3 is 14.2 Å². The Hall–Kier alpha value is -3.05. The number of aliphatic imine (C=N–C) groups is 1. The van der Waals surface area contributed by atoms with Gasteiger partial charge in [-0.1, -0.05) is 11.6 Å². The Morgan fingerprint density at radius 3 is 2.77 bits per heavy atom. The lowest BCUT2D eigenvalue weighted by molar-refractivity contribution is -0.130. The number of methoxy groups -OCH3 is 1. The van der Waals surface area contributed by atoms with Crippen LogP contribution in [0.4, 0.5) is 0 Å². The Morgan fingerprint density at radius 2 is 2.00 bits per heavy atom. The molecule has 0 unspecified atom stereocenters. The highest BCUT2D eigenvalue weighted by Crippen LogP contribution is 2.30. The van der Waals surface area contributed by atoms with Crippen LogP contribution < -0.4 is 9.47 Å². The van der Waals surface area contributed by atoms with Gasteiger partial charge in [0.2, 0.25) is 5.90 Å². The van der Waals surface area contributed by atoms with Crippen molar-refractivity contribution in [3.8, 4) is 11.5 Å². The van der Waals surface area contributed by atoms with Gasteiger partial charge in [0, 0.05) is 16.1 Å². The maximum atomic E-state index is 12.1. The molecule has 2 aromatic carbocycles. The smallest absolute Gasteiger partial charge is 0.363 e. The second kappa shape index (κ2) is 6.69. The van der Waals surface area contributed by atoms with Crippen molar-refractivity contribution in [2.24, 2.45) is 4.99 Å². The van der Waals surface area contributed by atoms with Crippen LogP contribution in [0.1, 0.15) is 11.1 Å². The first-order valence-electron chi connectivity index (χ1n) is 7.92. The predicted octanol–water partition coefficient (Wildman–Crippen LogP) is 4.01. The summed E-state index contributed by atoms with van der Waals surface area (Å²) in [5, 5.41) is 0.623. The van der Waals surface area contributed by atoms with Crippen molar-refractivity contribution < 1.29 is 19.0 Å². The topological polar surface area (TPSA) is 57.1 Å². The average Bonchev–Trinajstić information content (AvgIpc) is 3.02. The van der Waals surface area contributed by atoms with Crippen molar-refractivity contribution in [3.05, 3.63) is 76.0 Å². The molecule has 0 N–H and O–H groups in total. The highest BCUT2D eigenvalue weighted by atomic mass is 35.5. The number of esters is 1. The predicted molar refractivity (Wildman–Crippen MR) is 98.6 cm³/mol. The molecule has 0 saturated heterocycles. The summed E-state index contributed by atoms with van der Waals surface area (Å²) >= 11 is 6.02. The average molecular weight is 368 g/mol. The standard InChI is InChI=1S/C20H14ClNO4/c1-24-16-5-2-13(3-6-16)19-22-17(20(23)26-19)9-12-8-14-10-15(21)4-7-18(14)25-11-12/h2-10H,11H2,1H3. The lowest BCUT2D eigenvalue weighted by Crippen LogP contribution is -2.08. The van der Waals surface area contributed by atoms with Crippen molar-refractivity contribution in [2.75, 3.05) is 13.7 Å². The van der Waals surface area contributed by atoms with E-state index in [2.05, 4.69) is 4.99 Å². The van der Waals surface area contributed by atoms with Crippen LogP contribution in [0.2, 0.25) is 5.02 Å². The second-order valence-corrected chi connectivity index (χ2v) is 6.19. The van der Waals surface area contributed by atoms with E-state index in [1.165, 1.54) is 0 Å². The third-order valence-corrected chi connectivity index (χ3v) is 4.22. The van der Waals surface area contributed by atoms with Crippen molar-refractivity contribution in [2.45, 2.75) is 0 Å². The van der Waals surface area contributed by atoms with Crippen LogP contribution in [0.5, 0.6) is 11.5 Å². The minimum Gasteiger partial charge on any atom is -0.497 e. The largest absolute Gasteiger partial charge is 0.497 e. The molecule has 0 atom stereocenters. The molecule has 0 aromatic heterocycles. The Kier molecular flexibility index (Phi) is 4.22. The second-order valence-electron chi connectivity index (χ2n) is 5.75. The Morgan fingerprint density at radius 1 is 1.19 bits per heavy atom. The molecule has 0 saturated carbocycles. The van der Waals surface area contributed by atoms with E-state index in [4.69, 9.17) is 25.8 Å². The van der Waals surface area contributed by atoms with Gasteiger partial charge in [-0.25, -0.2) is 9.79 Å². The molecule has 26 heavy (non-hydrogen) atoms. The van der Waals surface area contributed by atoms with Gasteiger partial charge in [-0.05, 0) is 60.2 Å². The van der Waals surface area contributed by atoms with Crippen molar-refractivity contribution in [3.63, 3.8) is 0 Å². The molecule has 0 fully saturated rings. The highest BCUT2D eigenvalue weighted by Gasteiger charge is 2.25. The maximum Gasteiger partial charge on any atom is 0.363 e. The zero-order valence-corrected chi connectivity index (χ0v) is 14.6. The third-order valence-electron chi connectivity index (χ3n) is 3.99. The van der Waals surface area contributed by atoms with E-state index in [1.807, 2.05) is 18.2 Å². The van der Waals surface area contributed by atoms with Gasteiger partial charge in [0.25, 0.3) is 0 Å². The molecule has 0 amide bonds. The van der Waals surface area contributed by atoms with Gasteiger partial charge in [-0.2, -0.15) is 0 Å². The molecular weight excluding hydrogens is 354 g/mol. The van der Waals surface area contributed by atoms with Gasteiger partial charge in [-0.15, -0.1) is 0 Å². The Bertz CT molecular complexity index is 974. The lowest BCUT2D eigenvalue weighted by Gasteiger charge is -2.16. The third kappa shape index (κ3) is 3.21. The summed E-state index contributed by atoms with van der Waals surface area (Å²) in [6.07, 6.45) is 3.59. The number of hydrogen-bond acceptors (Lipinski definition) is 5. The van der Waals surface area contributed by atoms with E-state index < -0.39 is 5.97 Å². The number of nitrogens with zero attached hydrogens (tertiary/aromatic N) is 1. The molecule has 4 rings (SSSR count). The first kappa shape index (κ1) is 16.4. The molecule has 0 spiro atoms. The van der Waals surface area contributed by atoms with E-state index in [9.17, 15) is 4.79 Å². The molecular formula is C20H14ClNO4. The molecule has 2 aliphatic heterocycles. The summed E-state index contributed by atoms with van der Waals surface area (Å²) in [5.74, 6) is 1.25. The van der Waals surface area contributed by atoms with Crippen molar-refractivity contribution >= 4 is 29.5 Å². The van der Waals surface area contributed by atoms with Crippen molar-refractivity contribution in [1.82, 2.24) is 0 Å². The fourth-order valence-electron chi connectivity index (χ4n) is 2.69. The number of ether oxygens (including phenoxy) is 3. The summed E-state index contributed by atoms with van der Waals surface area (Å²) in [7, 11) is 1.59. The van der Waals surface area contributed by atoms with E-state index >= 15 is 0 Å². The van der Waals surface area contributed by atoms with Gasteiger partial charge >= 0.3 is 5.97 Å². The fraction of sp³-hybridized carbons (Fsp3) is 0.100. The molecule has 2 heterocycles. The van der Waals surface area contributed by atoms with Gasteiger partial charge in [-0.3, -0.25) is 0 Å². The summed E-state index contributed by atoms with van der Waals surface area (Å²) in [6.45, 7) is 0.346. The minimum absolute atomic E-state index is 0.233. The Labute approximate surface area is 155 Å². The monoisotopic (exact) mass is 367 g/mol. The van der Waals surface area contributed by atoms with Crippen LogP contribution in [0.3, 0.4) is 0 Å². The fourth-order valence-corrected chi connectivity index (χ4v) is 2.87. The molecule has 0 bridgehead atoms. The number of halogens is 1. The highest BCUT2D eigenvalue weighted by molar-refractivity contribution is 6.30. The number of cyclic esters (lactones) is 1. The van der Waals surface area contributed by atoms with E-state index in [0.29, 0.717) is 17.2 Å². The number of carbonyl (C=O) groups excluding carboxylic acids is 1. The molecule has 6 heteroatoms. The summed E-state index contributed by atoms with van der Waals surface area (Å²) < 4.78 is 16.1. The Balaban J connectivity index is 1.62. The summed E-state index contributed by atoms with van der Waals surface area (Å²) in [5.41, 5.74) is 2.61. The van der Waals surface area contributed by atoms with Crippen molar-refractivity contribution in [1.29, 1.82) is 0 Å². The minimum atomic E-state index is -0.492. The molecule has 0 aliphatic carbocycles. The normalized spacial score (nSPS) is 17.2. The zero-order chi connectivity index (χ0) is 18.1. The maximum absolute atomic E-state index is 12.1. The zero-order valence-electron chi connectivity index (χ0n) is 13.9. The van der Waals surface area contributed by atoms with Crippen LogP contribution >= 0.6 is 11.6 Å². The molecule has 2 aliphatic rings. The van der Waals surface area contributed by atoms with Crippen LogP contribution in [-0.4, -0.2) is 25.6 Å². The van der Waals surface area contributed by atoms with Crippen LogP contribution in [0.25, 0.3) is 6.08 Å². The first-order valence-corrected chi connectivity index (χ1v) is 8.30. The quantitative estimate of drug-likeness (QED) is 0.607. The molecule has 2 aromatic rings. The summed E-state index contributed by atoms with van der Waals surface area (Å²) in [6, 6.07) is 12.5. The van der Waals surface area contributed by atoms with E-state index in [-0.39, 0.29) is 11.6 Å². The lowest BCUT2D eigenvalue weighted by atomic mass is 10.1.